The van der Waals surface area contributed by atoms with Gasteiger partial charge in [-0.3, -0.25) is 9.36 Å². The number of hydrogen-bond donors (Lipinski definition) is 1. The van der Waals surface area contributed by atoms with Crippen LogP contribution in [0.1, 0.15) is 0 Å². The Bertz CT molecular complexity index is 1260. The second-order valence-electron chi connectivity index (χ2n) is 7.14. The van der Waals surface area contributed by atoms with Gasteiger partial charge in [0.15, 0.2) is 11.0 Å². The lowest BCUT2D eigenvalue weighted by molar-refractivity contribution is -0.113. The summed E-state index contributed by atoms with van der Waals surface area (Å²) >= 11 is 1.30. The number of benzene rings is 3. The molecule has 0 atom stereocenters. The van der Waals surface area contributed by atoms with E-state index in [2.05, 4.69) is 15.5 Å². The molecule has 1 heterocycles. The molecule has 0 saturated heterocycles. The first-order chi connectivity index (χ1) is 16.6. The van der Waals surface area contributed by atoms with E-state index in [1.165, 1.54) is 11.8 Å². The molecule has 9 heteroatoms. The van der Waals surface area contributed by atoms with E-state index in [9.17, 15) is 4.79 Å². The van der Waals surface area contributed by atoms with Crippen molar-refractivity contribution < 1.29 is 19.0 Å². The van der Waals surface area contributed by atoms with Crippen LogP contribution in [0.5, 0.6) is 17.2 Å². The van der Waals surface area contributed by atoms with Crippen molar-refractivity contribution in [2.45, 2.75) is 5.16 Å². The van der Waals surface area contributed by atoms with Gasteiger partial charge in [-0.15, -0.1) is 10.2 Å². The number of nitrogens with zero attached hydrogens (tertiary/aromatic N) is 3. The number of thioether (sulfide) groups is 1. The summed E-state index contributed by atoms with van der Waals surface area (Å²) in [4.78, 5) is 12.6. The lowest BCUT2D eigenvalue weighted by atomic mass is 10.2. The number of methoxy groups -OCH3 is 3. The highest BCUT2D eigenvalue weighted by molar-refractivity contribution is 7.99. The predicted octanol–water partition coefficient (Wildman–Crippen LogP) is 4.69. The maximum atomic E-state index is 12.6. The highest BCUT2D eigenvalue weighted by Crippen LogP contribution is 2.30. The molecule has 0 fully saturated rings. The van der Waals surface area contributed by atoms with Gasteiger partial charge in [0.2, 0.25) is 5.91 Å². The summed E-state index contributed by atoms with van der Waals surface area (Å²) in [6, 6.07) is 22.4. The number of ether oxygens (including phenoxy) is 3. The Balaban J connectivity index is 1.59. The summed E-state index contributed by atoms with van der Waals surface area (Å²) in [7, 11) is 4.84. The number of carbonyl (C=O) groups excluding carboxylic acids is 1. The summed E-state index contributed by atoms with van der Waals surface area (Å²) in [6.45, 7) is 0. The van der Waals surface area contributed by atoms with Gasteiger partial charge in [0.05, 0.1) is 27.1 Å². The van der Waals surface area contributed by atoms with Crippen LogP contribution in [-0.4, -0.2) is 47.8 Å². The Labute approximate surface area is 201 Å². The van der Waals surface area contributed by atoms with Crippen molar-refractivity contribution in [1.82, 2.24) is 14.8 Å². The van der Waals surface area contributed by atoms with Crippen LogP contribution in [0.3, 0.4) is 0 Å². The van der Waals surface area contributed by atoms with Crippen LogP contribution in [0, 0.1) is 0 Å². The number of rotatable bonds is 9. The van der Waals surface area contributed by atoms with Crippen LogP contribution in [0.15, 0.2) is 78.0 Å². The summed E-state index contributed by atoms with van der Waals surface area (Å²) in [5, 5.41) is 12.3. The fourth-order valence-electron chi connectivity index (χ4n) is 3.28. The fourth-order valence-corrected chi connectivity index (χ4v) is 4.03. The molecule has 1 N–H and O–H groups in total. The Morgan fingerprint density at radius 2 is 1.50 bits per heavy atom. The van der Waals surface area contributed by atoms with Gasteiger partial charge in [0.25, 0.3) is 0 Å². The first kappa shape index (κ1) is 23.2. The first-order valence-electron chi connectivity index (χ1n) is 10.4. The third kappa shape index (κ3) is 5.32. The monoisotopic (exact) mass is 476 g/mol. The SMILES string of the molecule is COc1ccc(NC(=O)CSc2nnc(-c3cccc(OC)c3)n2-c2ccc(OC)cc2)cc1. The van der Waals surface area contributed by atoms with Crippen LogP contribution in [-0.2, 0) is 4.79 Å². The van der Waals surface area contributed by atoms with Crippen molar-refractivity contribution in [1.29, 1.82) is 0 Å². The zero-order chi connectivity index (χ0) is 23.9. The largest absolute Gasteiger partial charge is 0.497 e. The minimum absolute atomic E-state index is 0.151. The van der Waals surface area contributed by atoms with Gasteiger partial charge in [0, 0.05) is 16.9 Å². The van der Waals surface area contributed by atoms with Gasteiger partial charge in [0.1, 0.15) is 17.2 Å². The first-order valence-corrected chi connectivity index (χ1v) is 11.4. The van der Waals surface area contributed by atoms with Crippen LogP contribution >= 0.6 is 11.8 Å². The van der Waals surface area contributed by atoms with Crippen molar-refractivity contribution in [3.05, 3.63) is 72.8 Å². The molecule has 0 radical (unpaired) electrons. The molecular weight excluding hydrogens is 452 g/mol. The van der Waals surface area contributed by atoms with Gasteiger partial charge >= 0.3 is 0 Å². The molecule has 1 aromatic heterocycles. The van der Waals surface area contributed by atoms with E-state index >= 15 is 0 Å². The molecule has 4 aromatic rings. The van der Waals surface area contributed by atoms with Gasteiger partial charge in [-0.2, -0.15) is 0 Å². The van der Waals surface area contributed by atoms with Crippen LogP contribution in [0.4, 0.5) is 5.69 Å². The van der Waals surface area contributed by atoms with E-state index in [1.54, 1.807) is 45.6 Å². The third-order valence-corrected chi connectivity index (χ3v) is 5.93. The molecule has 0 aliphatic heterocycles. The highest BCUT2D eigenvalue weighted by Gasteiger charge is 2.18. The number of nitrogens with one attached hydrogen (secondary N) is 1. The maximum absolute atomic E-state index is 12.6. The lowest BCUT2D eigenvalue weighted by Gasteiger charge is -2.12. The van der Waals surface area contributed by atoms with E-state index in [-0.39, 0.29) is 11.7 Å². The van der Waals surface area contributed by atoms with E-state index < -0.39 is 0 Å². The molecule has 4 rings (SSSR count). The second kappa shape index (κ2) is 10.8. The number of aromatic nitrogens is 3. The maximum Gasteiger partial charge on any atom is 0.234 e. The van der Waals surface area contributed by atoms with Crippen molar-refractivity contribution in [3.63, 3.8) is 0 Å². The van der Waals surface area contributed by atoms with Crippen molar-refractivity contribution in [3.8, 4) is 34.3 Å². The average molecular weight is 477 g/mol. The molecule has 0 aliphatic rings. The molecular formula is C25H24N4O4S. The smallest absolute Gasteiger partial charge is 0.234 e. The van der Waals surface area contributed by atoms with E-state index in [1.807, 2.05) is 53.1 Å². The second-order valence-corrected chi connectivity index (χ2v) is 8.08. The Morgan fingerprint density at radius 3 is 2.15 bits per heavy atom. The number of hydrogen-bond acceptors (Lipinski definition) is 7. The summed E-state index contributed by atoms with van der Waals surface area (Å²) in [6.07, 6.45) is 0. The zero-order valence-electron chi connectivity index (χ0n) is 19.0. The molecule has 0 spiro atoms. The Morgan fingerprint density at radius 1 is 0.853 bits per heavy atom. The van der Waals surface area contributed by atoms with E-state index in [4.69, 9.17) is 14.2 Å². The third-order valence-electron chi connectivity index (χ3n) is 5.00. The predicted molar refractivity (Wildman–Crippen MR) is 132 cm³/mol. The minimum atomic E-state index is -0.151. The van der Waals surface area contributed by atoms with Crippen molar-refractivity contribution >= 4 is 23.4 Å². The average Bonchev–Trinajstić information content (AvgIpc) is 3.32. The van der Waals surface area contributed by atoms with E-state index in [0.717, 1.165) is 28.5 Å². The summed E-state index contributed by atoms with van der Waals surface area (Å²) in [5.41, 5.74) is 2.39. The standard InChI is InChI=1S/C25H24N4O4S/c1-31-20-11-7-18(8-12-20)26-23(30)16-34-25-28-27-24(17-5-4-6-22(15-17)33-3)29(25)19-9-13-21(32-2)14-10-19/h4-15H,16H2,1-3H3,(H,26,30). The van der Waals surface area contributed by atoms with Gasteiger partial charge < -0.3 is 19.5 Å². The number of carbonyl (C=O) groups is 1. The molecule has 3 aromatic carbocycles. The molecule has 174 valence electrons. The molecule has 0 unspecified atom stereocenters. The molecule has 34 heavy (non-hydrogen) atoms. The molecule has 0 aliphatic carbocycles. The van der Waals surface area contributed by atoms with Crippen molar-refractivity contribution in [2.75, 3.05) is 32.4 Å². The fraction of sp³-hybridized carbons (Fsp3) is 0.160. The van der Waals surface area contributed by atoms with Crippen LogP contribution in [0.25, 0.3) is 17.1 Å². The summed E-state index contributed by atoms with van der Waals surface area (Å²) in [5.74, 6) is 2.84. The Kier molecular flexibility index (Phi) is 7.34. The lowest BCUT2D eigenvalue weighted by Crippen LogP contribution is -2.14. The minimum Gasteiger partial charge on any atom is -0.497 e. The number of anilines is 1. The molecule has 1 amide bonds. The molecule has 0 bridgehead atoms. The van der Waals surface area contributed by atoms with Crippen LogP contribution in [0.2, 0.25) is 0 Å². The van der Waals surface area contributed by atoms with Gasteiger partial charge in [-0.25, -0.2) is 0 Å². The molecule has 8 nitrogen and oxygen atoms in total. The quantitative estimate of drug-likeness (QED) is 0.351. The van der Waals surface area contributed by atoms with Crippen molar-refractivity contribution in [2.24, 2.45) is 0 Å². The topological polar surface area (TPSA) is 87.5 Å². The molecule has 0 saturated carbocycles. The highest BCUT2D eigenvalue weighted by atomic mass is 32.2. The van der Waals surface area contributed by atoms with E-state index in [0.29, 0.717) is 16.7 Å². The van der Waals surface area contributed by atoms with Crippen LogP contribution < -0.4 is 19.5 Å². The zero-order valence-corrected chi connectivity index (χ0v) is 19.8. The van der Waals surface area contributed by atoms with Gasteiger partial charge in [-0.1, -0.05) is 23.9 Å². The van der Waals surface area contributed by atoms with Gasteiger partial charge in [-0.05, 0) is 60.7 Å². The Hall–Kier alpha value is -3.98. The number of amides is 1. The summed E-state index contributed by atoms with van der Waals surface area (Å²) < 4.78 is 17.7. The normalized spacial score (nSPS) is 10.6.